The van der Waals surface area contributed by atoms with Crippen LogP contribution in [0, 0.1) is 0 Å². The smallest absolute Gasteiger partial charge is 0.421 e. The number of nitrogen functional groups attached to an aromatic ring is 2. The number of nitrogens with two attached hydrogens (primary N) is 2. The van der Waals surface area contributed by atoms with E-state index >= 15 is 0 Å². The summed E-state index contributed by atoms with van der Waals surface area (Å²) in [6, 6.07) is 11.7. The molecule has 0 saturated heterocycles. The minimum atomic E-state index is -0.406. The largest absolute Gasteiger partial charge is 0.457 e. The van der Waals surface area contributed by atoms with Gasteiger partial charge in [0.2, 0.25) is 0 Å². The third-order valence-corrected chi connectivity index (χ3v) is 2.19. The molecule has 0 amide bonds. The van der Waals surface area contributed by atoms with E-state index in [9.17, 15) is 0 Å². The molecule has 5 nitrogen and oxygen atoms in total. The molecule has 88 valence electrons. The van der Waals surface area contributed by atoms with Crippen molar-refractivity contribution in [2.75, 3.05) is 11.5 Å². The van der Waals surface area contributed by atoms with Gasteiger partial charge in [-0.05, 0) is 11.5 Å². The number of fused-ring (bicyclic) bond motifs is 1. The van der Waals surface area contributed by atoms with Gasteiger partial charge in [-0.2, -0.15) is 0 Å². The molecule has 2 aromatic carbocycles. The highest BCUT2D eigenvalue weighted by Gasteiger charge is 1.98. The van der Waals surface area contributed by atoms with Crippen LogP contribution in [-0.4, -0.2) is 25.4 Å². The lowest BCUT2D eigenvalue weighted by molar-refractivity contribution is 0.408. The molecule has 2 rings (SSSR count). The van der Waals surface area contributed by atoms with Crippen LogP contribution in [0.15, 0.2) is 36.4 Å². The van der Waals surface area contributed by atoms with Crippen LogP contribution in [0.5, 0.6) is 0 Å². The fraction of sp³-hybridized carbons (Fsp3) is 0. The van der Waals surface area contributed by atoms with Crippen molar-refractivity contribution >= 4 is 37.5 Å². The van der Waals surface area contributed by atoms with Gasteiger partial charge in [-0.25, -0.2) is 0 Å². The molecule has 7 heteroatoms. The van der Waals surface area contributed by atoms with Gasteiger partial charge < -0.3 is 26.1 Å². The van der Waals surface area contributed by atoms with Crippen LogP contribution in [-0.2, 0) is 4.57 Å². The van der Waals surface area contributed by atoms with Crippen molar-refractivity contribution in [1.29, 1.82) is 0 Å². The Hall–Kier alpha value is -1.69. The van der Waals surface area contributed by atoms with E-state index in [1.165, 1.54) is 0 Å². The highest BCUT2D eigenvalue weighted by atomic mass is 16.5. The van der Waals surface area contributed by atoms with Crippen LogP contribution in [0.4, 0.5) is 11.4 Å². The lowest BCUT2D eigenvalue weighted by Gasteiger charge is -2.03. The fourth-order valence-electron chi connectivity index (χ4n) is 1.35. The molecule has 0 heterocycles. The van der Waals surface area contributed by atoms with Gasteiger partial charge in [0.25, 0.3) is 0 Å². The van der Waals surface area contributed by atoms with E-state index in [2.05, 4.69) is 4.57 Å². The predicted octanol–water partition coefficient (Wildman–Crippen LogP) is -0.475. The predicted molar refractivity (Wildman–Crippen MR) is 72.6 cm³/mol. The van der Waals surface area contributed by atoms with Crippen LogP contribution in [0.2, 0.25) is 0 Å². The highest BCUT2D eigenvalue weighted by Crippen LogP contribution is 2.25. The second kappa shape index (κ2) is 6.80. The molecule has 0 spiro atoms. The van der Waals surface area contributed by atoms with E-state index < -0.39 is 15.4 Å². The van der Waals surface area contributed by atoms with Crippen molar-refractivity contribution in [2.45, 2.75) is 0 Å². The molecular formula is C10H14B2N2O3. The molecule has 6 N–H and O–H groups in total. The second-order valence-corrected chi connectivity index (χ2v) is 3.25. The van der Waals surface area contributed by atoms with Gasteiger partial charge in [0.1, 0.15) is 0 Å². The van der Waals surface area contributed by atoms with Crippen LogP contribution in [0.1, 0.15) is 0 Å². The van der Waals surface area contributed by atoms with Crippen LogP contribution >= 0.6 is 0 Å². The van der Waals surface area contributed by atoms with Crippen LogP contribution in [0.3, 0.4) is 0 Å². The summed E-state index contributed by atoms with van der Waals surface area (Å²) in [6.07, 6.45) is 0. The zero-order valence-corrected chi connectivity index (χ0v) is 9.34. The van der Waals surface area contributed by atoms with E-state index in [1.54, 1.807) is 0 Å². The third kappa shape index (κ3) is 3.67. The molecule has 0 bridgehead atoms. The molecule has 0 fully saturated rings. The molecule has 0 aliphatic rings. The quantitative estimate of drug-likeness (QED) is 0.413. The monoisotopic (exact) mass is 232 g/mol. The first-order valence-corrected chi connectivity index (χ1v) is 5.03. The molecule has 0 aromatic heterocycles. The number of hydrogen-bond donors (Lipinski definition) is 4. The summed E-state index contributed by atoms with van der Waals surface area (Å²) in [6.45, 7) is 0. The molecule has 0 unspecified atom stereocenters. The lowest BCUT2D eigenvalue weighted by Crippen LogP contribution is -2.00. The maximum atomic E-state index is 7.68. The Morgan fingerprint density at radius 1 is 0.941 bits per heavy atom. The summed E-state index contributed by atoms with van der Waals surface area (Å²) in [7, 11) is -0.812. The third-order valence-electron chi connectivity index (χ3n) is 2.19. The van der Waals surface area contributed by atoms with E-state index in [-0.39, 0.29) is 0 Å². The Bertz CT molecular complexity index is 480. The normalized spacial score (nSPS) is 9.29. The Morgan fingerprint density at radius 3 is 2.18 bits per heavy atom. The summed E-state index contributed by atoms with van der Waals surface area (Å²) in [5.74, 6) is 0. The first-order valence-electron chi connectivity index (χ1n) is 5.03. The Balaban J connectivity index is 0.000000249. The molecule has 17 heavy (non-hydrogen) atoms. The van der Waals surface area contributed by atoms with Gasteiger partial charge in [-0.3, -0.25) is 0 Å². The number of benzene rings is 2. The SMILES string of the molecule is Nc1ccc2ccccc2c1N.OBOBO. The Morgan fingerprint density at radius 2 is 1.59 bits per heavy atom. The van der Waals surface area contributed by atoms with Gasteiger partial charge in [0, 0.05) is 5.39 Å². The molecule has 2 aromatic rings. The van der Waals surface area contributed by atoms with Crippen molar-refractivity contribution in [3.8, 4) is 0 Å². The van der Waals surface area contributed by atoms with Crippen molar-refractivity contribution in [2.24, 2.45) is 0 Å². The Labute approximate surface area is 101 Å². The average Bonchev–Trinajstić information content (AvgIpc) is 2.36. The van der Waals surface area contributed by atoms with Crippen molar-refractivity contribution in [1.82, 2.24) is 0 Å². The number of anilines is 2. The first kappa shape index (κ1) is 13.4. The topological polar surface area (TPSA) is 102 Å². The molecule has 0 aliphatic carbocycles. The lowest BCUT2D eigenvalue weighted by atomic mass is 10.1. The van der Waals surface area contributed by atoms with Gasteiger partial charge >= 0.3 is 15.4 Å². The standard InChI is InChI=1S/C10H10N2.B2H4O3/c11-9-6-5-7-3-1-2-4-8(7)10(9)12;3-1-5-2-4/h1-6H,11-12H2;1-4H. The summed E-state index contributed by atoms with van der Waals surface area (Å²) in [5, 5.41) is 17.5. The molecule has 0 aliphatic heterocycles. The first-order chi connectivity index (χ1) is 8.20. The van der Waals surface area contributed by atoms with Crippen molar-refractivity contribution in [3.05, 3.63) is 36.4 Å². The van der Waals surface area contributed by atoms with E-state index in [0.29, 0.717) is 11.4 Å². The minimum Gasteiger partial charge on any atom is -0.457 e. The second-order valence-electron chi connectivity index (χ2n) is 3.25. The zero-order chi connectivity index (χ0) is 12.7. The summed E-state index contributed by atoms with van der Waals surface area (Å²) >= 11 is 0. The van der Waals surface area contributed by atoms with Gasteiger partial charge in [-0.15, -0.1) is 0 Å². The number of hydrogen-bond acceptors (Lipinski definition) is 5. The molecule has 0 radical (unpaired) electrons. The highest BCUT2D eigenvalue weighted by molar-refractivity contribution is 6.32. The van der Waals surface area contributed by atoms with Crippen LogP contribution < -0.4 is 11.5 Å². The zero-order valence-electron chi connectivity index (χ0n) is 9.34. The van der Waals surface area contributed by atoms with Crippen molar-refractivity contribution in [3.63, 3.8) is 0 Å². The van der Waals surface area contributed by atoms with Crippen molar-refractivity contribution < 1.29 is 14.6 Å². The van der Waals surface area contributed by atoms with Gasteiger partial charge in [-0.1, -0.05) is 30.3 Å². The summed E-state index contributed by atoms with van der Waals surface area (Å²) in [4.78, 5) is 0. The van der Waals surface area contributed by atoms with Gasteiger partial charge in [0.15, 0.2) is 0 Å². The van der Waals surface area contributed by atoms with E-state index in [1.807, 2.05) is 36.4 Å². The molecular weight excluding hydrogens is 218 g/mol. The molecule has 0 atom stereocenters. The summed E-state index contributed by atoms with van der Waals surface area (Å²) < 4.78 is 3.94. The maximum absolute atomic E-state index is 7.68. The molecule has 0 saturated carbocycles. The van der Waals surface area contributed by atoms with E-state index in [0.717, 1.165) is 10.8 Å². The maximum Gasteiger partial charge on any atom is 0.421 e. The summed E-state index contributed by atoms with van der Waals surface area (Å²) in [5.41, 5.74) is 12.8. The average molecular weight is 232 g/mol. The minimum absolute atomic E-state index is 0.406. The Kier molecular flexibility index (Phi) is 5.35. The fourth-order valence-corrected chi connectivity index (χ4v) is 1.35. The van der Waals surface area contributed by atoms with Crippen LogP contribution in [0.25, 0.3) is 10.8 Å². The number of rotatable bonds is 2. The van der Waals surface area contributed by atoms with E-state index in [4.69, 9.17) is 21.5 Å². The van der Waals surface area contributed by atoms with Gasteiger partial charge in [0.05, 0.1) is 11.4 Å².